The van der Waals surface area contributed by atoms with Crippen LogP contribution in [-0.4, -0.2) is 39.5 Å². The van der Waals surface area contributed by atoms with Crippen LogP contribution in [0.5, 0.6) is 0 Å². The maximum atomic E-state index is 12.4. The van der Waals surface area contributed by atoms with Crippen molar-refractivity contribution in [1.82, 2.24) is 4.31 Å². The number of hydrogen-bond donors (Lipinski definition) is 1. The first kappa shape index (κ1) is 14.9. The Kier molecular flexibility index (Phi) is 4.97. The summed E-state index contributed by atoms with van der Waals surface area (Å²) in [6.45, 7) is 2.32. The summed E-state index contributed by atoms with van der Waals surface area (Å²) in [5.74, 6) is 0.294. The summed E-state index contributed by atoms with van der Waals surface area (Å²) in [6.07, 6.45) is 2.03. The summed E-state index contributed by atoms with van der Waals surface area (Å²) in [5, 5.41) is 1.80. The first-order chi connectivity index (χ1) is 9.04. The third kappa shape index (κ3) is 3.55. The Balaban J connectivity index is 2.05. The quantitative estimate of drug-likeness (QED) is 0.888. The summed E-state index contributed by atoms with van der Waals surface area (Å²) >= 11 is 1.23. The van der Waals surface area contributed by atoms with Gasteiger partial charge in [-0.3, -0.25) is 0 Å². The Bertz CT molecular complexity index is 507. The lowest BCUT2D eigenvalue weighted by Crippen LogP contribution is -2.34. The van der Waals surface area contributed by atoms with Gasteiger partial charge in [0.2, 0.25) is 0 Å². The third-order valence-corrected chi connectivity index (χ3v) is 6.59. The first-order valence-corrected chi connectivity index (χ1v) is 8.67. The fourth-order valence-electron chi connectivity index (χ4n) is 2.16. The summed E-state index contributed by atoms with van der Waals surface area (Å²) in [5.41, 5.74) is 6.37. The molecule has 1 atom stereocenters. The van der Waals surface area contributed by atoms with Gasteiger partial charge in [0.25, 0.3) is 10.0 Å². The van der Waals surface area contributed by atoms with Crippen molar-refractivity contribution < 1.29 is 13.2 Å². The number of nitrogens with two attached hydrogens (primary N) is 1. The Morgan fingerprint density at radius 3 is 2.95 bits per heavy atom. The number of rotatable bonds is 5. The van der Waals surface area contributed by atoms with E-state index in [2.05, 4.69) is 0 Å². The zero-order valence-electron chi connectivity index (χ0n) is 11.0. The van der Waals surface area contributed by atoms with Crippen molar-refractivity contribution in [3.8, 4) is 0 Å². The van der Waals surface area contributed by atoms with Crippen LogP contribution in [0.2, 0.25) is 0 Å². The molecule has 2 heterocycles. The Labute approximate surface area is 118 Å². The Hall–Kier alpha value is -0.470. The maximum absolute atomic E-state index is 12.4. The molecule has 5 nitrogen and oxygen atoms in total. The molecule has 1 aromatic heterocycles. The van der Waals surface area contributed by atoms with Gasteiger partial charge in [0.15, 0.2) is 0 Å². The van der Waals surface area contributed by atoms with Gasteiger partial charge in [0.05, 0.1) is 6.61 Å². The number of hydrogen-bond acceptors (Lipinski definition) is 5. The molecule has 2 N–H and O–H groups in total. The van der Waals surface area contributed by atoms with E-state index in [0.717, 1.165) is 25.0 Å². The van der Waals surface area contributed by atoms with Crippen LogP contribution in [-0.2, 0) is 21.3 Å². The van der Waals surface area contributed by atoms with E-state index in [9.17, 15) is 8.42 Å². The molecule has 0 aliphatic carbocycles. The molecule has 1 unspecified atom stereocenters. The van der Waals surface area contributed by atoms with Gasteiger partial charge in [-0.05, 0) is 35.8 Å². The van der Waals surface area contributed by atoms with Crippen molar-refractivity contribution >= 4 is 21.4 Å². The minimum Gasteiger partial charge on any atom is -0.381 e. The highest BCUT2D eigenvalue weighted by Crippen LogP contribution is 2.24. The second-order valence-electron chi connectivity index (χ2n) is 4.85. The summed E-state index contributed by atoms with van der Waals surface area (Å²) in [4.78, 5) is 0. The lowest BCUT2D eigenvalue weighted by atomic mass is 10.0. The van der Waals surface area contributed by atoms with Gasteiger partial charge in [-0.15, -0.1) is 11.3 Å². The van der Waals surface area contributed by atoms with Crippen molar-refractivity contribution in [3.05, 3.63) is 17.0 Å². The van der Waals surface area contributed by atoms with Crippen LogP contribution < -0.4 is 5.73 Å². The van der Waals surface area contributed by atoms with Crippen molar-refractivity contribution in [1.29, 1.82) is 0 Å². The molecular weight excluding hydrogens is 284 g/mol. The topological polar surface area (TPSA) is 72.6 Å². The van der Waals surface area contributed by atoms with E-state index in [1.807, 2.05) is 0 Å². The molecule has 0 bridgehead atoms. The minimum atomic E-state index is -3.39. The molecule has 108 valence electrons. The number of ether oxygens (including phenoxy) is 1. The van der Waals surface area contributed by atoms with Crippen LogP contribution in [0.1, 0.15) is 18.4 Å². The van der Waals surface area contributed by atoms with Crippen molar-refractivity contribution in [2.24, 2.45) is 11.7 Å². The van der Waals surface area contributed by atoms with Crippen molar-refractivity contribution in [3.63, 3.8) is 0 Å². The number of sulfonamides is 1. The van der Waals surface area contributed by atoms with Crippen LogP contribution in [0.3, 0.4) is 0 Å². The van der Waals surface area contributed by atoms with E-state index >= 15 is 0 Å². The molecule has 0 spiro atoms. The highest BCUT2D eigenvalue weighted by Gasteiger charge is 2.26. The monoisotopic (exact) mass is 304 g/mol. The van der Waals surface area contributed by atoms with Gasteiger partial charge in [-0.1, -0.05) is 0 Å². The van der Waals surface area contributed by atoms with Crippen LogP contribution >= 0.6 is 11.3 Å². The lowest BCUT2D eigenvalue weighted by molar-refractivity contribution is 0.0495. The standard InChI is InChI=1S/C12H20N2O3S2/c1-14(7-10-3-2-4-17-8-10)19(15,16)12-5-11(6-13)9-18-12/h5,9-10H,2-4,6-8,13H2,1H3. The van der Waals surface area contributed by atoms with Crippen LogP contribution in [0.25, 0.3) is 0 Å². The van der Waals surface area contributed by atoms with Gasteiger partial charge in [0.1, 0.15) is 4.21 Å². The second kappa shape index (κ2) is 6.32. The first-order valence-electron chi connectivity index (χ1n) is 6.35. The van der Waals surface area contributed by atoms with E-state index in [1.165, 1.54) is 15.6 Å². The lowest BCUT2D eigenvalue weighted by Gasteiger charge is -2.26. The molecule has 0 saturated carbocycles. The van der Waals surface area contributed by atoms with E-state index in [-0.39, 0.29) is 0 Å². The Morgan fingerprint density at radius 1 is 1.58 bits per heavy atom. The average molecular weight is 304 g/mol. The van der Waals surface area contributed by atoms with E-state index in [4.69, 9.17) is 10.5 Å². The second-order valence-corrected chi connectivity index (χ2v) is 8.03. The zero-order chi connectivity index (χ0) is 13.9. The predicted octanol–water partition coefficient (Wildman–Crippen LogP) is 1.25. The maximum Gasteiger partial charge on any atom is 0.252 e. The molecule has 1 aliphatic heterocycles. The SMILES string of the molecule is CN(CC1CCCOC1)S(=O)(=O)c1cc(CN)cs1. The highest BCUT2D eigenvalue weighted by molar-refractivity contribution is 7.91. The molecule has 1 aromatic rings. The smallest absolute Gasteiger partial charge is 0.252 e. The molecule has 1 fully saturated rings. The number of nitrogens with zero attached hydrogens (tertiary/aromatic N) is 1. The fraction of sp³-hybridized carbons (Fsp3) is 0.667. The zero-order valence-corrected chi connectivity index (χ0v) is 12.7. The number of thiophene rings is 1. The van der Waals surface area contributed by atoms with Gasteiger partial charge in [-0.2, -0.15) is 4.31 Å². The van der Waals surface area contributed by atoms with Crippen molar-refractivity contribution in [2.45, 2.75) is 23.6 Å². The molecule has 1 aliphatic rings. The molecule has 19 heavy (non-hydrogen) atoms. The van der Waals surface area contributed by atoms with Crippen LogP contribution in [0.4, 0.5) is 0 Å². The van der Waals surface area contributed by atoms with Gasteiger partial charge < -0.3 is 10.5 Å². The molecule has 0 radical (unpaired) electrons. The summed E-state index contributed by atoms with van der Waals surface area (Å²) < 4.78 is 32.0. The molecule has 7 heteroatoms. The van der Waals surface area contributed by atoms with Crippen molar-refractivity contribution in [2.75, 3.05) is 26.8 Å². The van der Waals surface area contributed by atoms with E-state index in [0.29, 0.717) is 29.8 Å². The Morgan fingerprint density at radius 2 is 2.37 bits per heavy atom. The largest absolute Gasteiger partial charge is 0.381 e. The third-order valence-electron chi connectivity index (χ3n) is 3.30. The molecular formula is C12H20N2O3S2. The summed E-state index contributed by atoms with van der Waals surface area (Å²) in [6, 6.07) is 1.66. The highest BCUT2D eigenvalue weighted by atomic mass is 32.2. The average Bonchev–Trinajstić information content (AvgIpc) is 2.89. The molecule has 2 rings (SSSR count). The predicted molar refractivity (Wildman–Crippen MR) is 75.6 cm³/mol. The van der Waals surface area contributed by atoms with Gasteiger partial charge >= 0.3 is 0 Å². The van der Waals surface area contributed by atoms with Crippen LogP contribution in [0, 0.1) is 5.92 Å². The van der Waals surface area contributed by atoms with Crippen LogP contribution in [0.15, 0.2) is 15.7 Å². The molecule has 0 amide bonds. The van der Waals surface area contributed by atoms with E-state index < -0.39 is 10.0 Å². The molecule has 0 aromatic carbocycles. The van der Waals surface area contributed by atoms with Gasteiger partial charge in [-0.25, -0.2) is 8.42 Å². The summed E-state index contributed by atoms with van der Waals surface area (Å²) in [7, 11) is -1.76. The van der Waals surface area contributed by atoms with E-state index in [1.54, 1.807) is 18.5 Å². The fourth-order valence-corrected chi connectivity index (χ4v) is 4.84. The normalized spacial score (nSPS) is 20.9. The minimum absolute atomic E-state index is 0.294. The molecule has 1 saturated heterocycles. The van der Waals surface area contributed by atoms with Gasteiger partial charge in [0, 0.05) is 26.7 Å².